The molecular formula is C60H86S4. The Labute approximate surface area is 409 Å². The first kappa shape index (κ1) is 52.6. The Morgan fingerprint density at radius 1 is 0.328 bits per heavy atom. The van der Waals surface area contributed by atoms with Crippen molar-refractivity contribution in [2.75, 3.05) is 0 Å². The quantitative estimate of drug-likeness (QED) is 0.0277. The summed E-state index contributed by atoms with van der Waals surface area (Å²) >= 11 is 7.49. The van der Waals surface area contributed by atoms with Gasteiger partial charge in [-0.1, -0.05) is 243 Å². The second-order valence-corrected chi connectivity index (χ2v) is 22.9. The fourth-order valence-electron chi connectivity index (χ4n) is 9.20. The molecule has 4 heteroatoms. The smallest absolute Gasteiger partial charge is 0.0457 e. The third kappa shape index (κ3) is 20.7. The van der Waals surface area contributed by atoms with Crippen molar-refractivity contribution in [1.82, 2.24) is 0 Å². The highest BCUT2D eigenvalue weighted by molar-refractivity contribution is 7.29. The zero-order valence-corrected chi connectivity index (χ0v) is 44.0. The van der Waals surface area contributed by atoms with Crippen LogP contribution in [0, 0.1) is 23.7 Å². The van der Waals surface area contributed by atoms with E-state index in [9.17, 15) is 0 Å². The first-order valence-corrected chi connectivity index (χ1v) is 30.3. The van der Waals surface area contributed by atoms with Gasteiger partial charge < -0.3 is 0 Å². The minimum absolute atomic E-state index is 0.975. The molecule has 0 radical (unpaired) electrons. The lowest BCUT2D eigenvalue weighted by atomic mass is 9.96. The molecular weight excluding hydrogens is 849 g/mol. The average molecular weight is 936 g/mol. The Morgan fingerprint density at radius 2 is 0.609 bits per heavy atom. The van der Waals surface area contributed by atoms with E-state index in [-0.39, 0.29) is 0 Å². The molecule has 0 atom stereocenters. The largest absolute Gasteiger partial charge is 0.143 e. The Morgan fingerprint density at radius 3 is 0.891 bits per heavy atom. The fraction of sp³-hybridized carbons (Fsp3) is 0.633. The third-order valence-corrected chi connectivity index (χ3v) is 17.5. The van der Waals surface area contributed by atoms with Gasteiger partial charge in [0.25, 0.3) is 0 Å². The van der Waals surface area contributed by atoms with Crippen molar-refractivity contribution >= 4 is 64.1 Å². The highest BCUT2D eigenvalue weighted by Gasteiger charge is 2.16. The molecule has 4 heterocycles. The van der Waals surface area contributed by atoms with Crippen LogP contribution in [0.15, 0.2) is 47.2 Å². The van der Waals surface area contributed by atoms with Crippen molar-refractivity contribution in [1.29, 1.82) is 0 Å². The van der Waals surface area contributed by atoms with E-state index in [0.29, 0.717) is 0 Å². The Kier molecular flexibility index (Phi) is 28.0. The van der Waals surface area contributed by atoms with Crippen LogP contribution in [0.3, 0.4) is 0 Å². The molecule has 0 N–H and O–H groups in total. The summed E-state index contributed by atoms with van der Waals surface area (Å²) in [7, 11) is 0. The summed E-state index contributed by atoms with van der Waals surface area (Å²) in [6.45, 7) is 4.61. The molecule has 0 unspecified atom stereocenters. The Bertz CT molecular complexity index is 1850. The molecule has 350 valence electrons. The first-order valence-electron chi connectivity index (χ1n) is 26.9. The Hall–Kier alpha value is -2.34. The summed E-state index contributed by atoms with van der Waals surface area (Å²) in [6, 6.07) is 14.1. The lowest BCUT2D eigenvalue weighted by Crippen LogP contribution is -1.90. The SMILES string of the molecule is CCCCCCCCCCCCCCCCCCCC#Cc1cc(-c2cc3sccc3s2)c(C#CCCCCCCCCCCCCCCCCCCC)cc1-c1cc2sccc2s1. The average Bonchev–Trinajstić information content (AvgIpc) is 4.12. The van der Waals surface area contributed by atoms with E-state index in [1.807, 2.05) is 45.3 Å². The van der Waals surface area contributed by atoms with Crippen molar-refractivity contribution < 1.29 is 0 Å². The van der Waals surface area contributed by atoms with Crippen molar-refractivity contribution in [3.8, 4) is 44.6 Å². The molecule has 4 aromatic heterocycles. The second kappa shape index (κ2) is 34.0. The third-order valence-electron chi connectivity index (χ3n) is 13.2. The molecule has 0 nitrogen and oxygen atoms in total. The molecule has 0 saturated carbocycles. The molecule has 0 spiro atoms. The van der Waals surface area contributed by atoms with Crippen LogP contribution < -0.4 is 0 Å². The minimum atomic E-state index is 0.975. The number of hydrogen-bond donors (Lipinski definition) is 0. The number of benzene rings is 1. The van der Waals surface area contributed by atoms with E-state index in [4.69, 9.17) is 0 Å². The summed E-state index contributed by atoms with van der Waals surface area (Å²) in [5.74, 6) is 14.7. The van der Waals surface area contributed by atoms with Gasteiger partial charge in [-0.15, -0.1) is 45.3 Å². The van der Waals surface area contributed by atoms with Crippen molar-refractivity contribution in [3.63, 3.8) is 0 Å². The molecule has 0 fully saturated rings. The molecule has 0 saturated heterocycles. The number of rotatable bonds is 36. The number of hydrogen-bond acceptors (Lipinski definition) is 4. The van der Waals surface area contributed by atoms with E-state index in [0.717, 1.165) is 24.0 Å². The predicted octanol–water partition coefficient (Wildman–Crippen LogP) is 22.4. The number of unbranched alkanes of at least 4 members (excludes halogenated alkanes) is 34. The lowest BCUT2D eigenvalue weighted by Gasteiger charge is -2.09. The van der Waals surface area contributed by atoms with E-state index < -0.39 is 0 Å². The zero-order chi connectivity index (χ0) is 44.5. The van der Waals surface area contributed by atoms with Gasteiger partial charge >= 0.3 is 0 Å². The van der Waals surface area contributed by atoms with Crippen LogP contribution in [0.4, 0.5) is 0 Å². The van der Waals surface area contributed by atoms with Gasteiger partial charge in [0.15, 0.2) is 0 Å². The maximum atomic E-state index is 3.72. The van der Waals surface area contributed by atoms with Gasteiger partial charge in [0.2, 0.25) is 0 Å². The van der Waals surface area contributed by atoms with Crippen molar-refractivity contribution in [2.45, 2.75) is 245 Å². The van der Waals surface area contributed by atoms with Crippen LogP contribution in [0.2, 0.25) is 0 Å². The van der Waals surface area contributed by atoms with Crippen LogP contribution in [0.5, 0.6) is 0 Å². The molecule has 5 aromatic rings. The molecule has 0 aliphatic rings. The number of fused-ring (bicyclic) bond motifs is 2. The molecule has 64 heavy (non-hydrogen) atoms. The van der Waals surface area contributed by atoms with Gasteiger partial charge in [0.05, 0.1) is 0 Å². The van der Waals surface area contributed by atoms with Crippen LogP contribution in [-0.4, -0.2) is 0 Å². The van der Waals surface area contributed by atoms with Gasteiger partial charge in [-0.2, -0.15) is 0 Å². The predicted molar refractivity (Wildman–Crippen MR) is 295 cm³/mol. The zero-order valence-electron chi connectivity index (χ0n) is 40.7. The standard InChI is InChI=1S/C60H86S4/c1-3-5-7-9-11-13-15-17-19-21-23-25-27-29-31-33-35-37-39-41-51-47-54(58-50-60-56(64-58)44-46-62-60)52(48-53(51)57-49-59-55(63-57)43-45-61-59)42-40-38-36-34-32-30-28-26-24-22-20-18-16-14-12-10-8-6-4-2/h43-50H,3-38H2,1-2H3. The molecule has 0 bridgehead atoms. The highest BCUT2D eigenvalue weighted by atomic mass is 32.1. The maximum absolute atomic E-state index is 3.72. The summed E-state index contributed by atoms with van der Waals surface area (Å²) in [4.78, 5) is 2.64. The summed E-state index contributed by atoms with van der Waals surface area (Å²) in [6.07, 6.45) is 49.7. The monoisotopic (exact) mass is 935 g/mol. The number of thiophene rings is 4. The minimum Gasteiger partial charge on any atom is -0.143 e. The van der Waals surface area contributed by atoms with E-state index in [1.54, 1.807) is 0 Å². The summed E-state index contributed by atoms with van der Waals surface area (Å²) < 4.78 is 5.49. The summed E-state index contributed by atoms with van der Waals surface area (Å²) in [5, 5.41) is 4.43. The van der Waals surface area contributed by atoms with Crippen LogP contribution >= 0.6 is 45.3 Å². The fourth-order valence-corrected chi connectivity index (χ4v) is 13.5. The maximum Gasteiger partial charge on any atom is 0.0457 e. The van der Waals surface area contributed by atoms with Crippen molar-refractivity contribution in [2.24, 2.45) is 0 Å². The van der Waals surface area contributed by atoms with Gasteiger partial charge in [-0.3, -0.25) is 0 Å². The van der Waals surface area contributed by atoms with Crippen molar-refractivity contribution in [3.05, 3.63) is 58.3 Å². The summed E-state index contributed by atoms with van der Waals surface area (Å²) in [5.41, 5.74) is 4.83. The van der Waals surface area contributed by atoms with Gasteiger partial charge in [0, 0.05) is 63.6 Å². The van der Waals surface area contributed by atoms with Crippen LogP contribution in [-0.2, 0) is 0 Å². The molecule has 0 aliphatic carbocycles. The van der Waals surface area contributed by atoms with Gasteiger partial charge in [0.1, 0.15) is 0 Å². The highest BCUT2D eigenvalue weighted by Crippen LogP contribution is 2.42. The topological polar surface area (TPSA) is 0 Å². The lowest BCUT2D eigenvalue weighted by molar-refractivity contribution is 0.528. The van der Waals surface area contributed by atoms with E-state index in [2.05, 4.69) is 84.7 Å². The molecule has 5 rings (SSSR count). The molecule has 0 amide bonds. The molecule has 1 aromatic carbocycles. The molecule has 0 aliphatic heterocycles. The van der Waals surface area contributed by atoms with E-state index >= 15 is 0 Å². The van der Waals surface area contributed by atoms with E-state index in [1.165, 1.54) is 258 Å². The van der Waals surface area contributed by atoms with Gasteiger partial charge in [-0.25, -0.2) is 0 Å². The van der Waals surface area contributed by atoms with Crippen LogP contribution in [0.25, 0.3) is 39.7 Å². The normalized spacial score (nSPS) is 11.4. The second-order valence-electron chi connectivity index (χ2n) is 18.9. The van der Waals surface area contributed by atoms with Crippen LogP contribution in [0.1, 0.15) is 256 Å². The Balaban J connectivity index is 1.06. The van der Waals surface area contributed by atoms with Gasteiger partial charge in [-0.05, 0) is 60.0 Å². The first-order chi connectivity index (χ1) is 31.8.